The standard InChI is InChI=1S/C16H18BrN3OS/c1-11-8-12(17)9-14(16(11)18)20-15(21)5-7-22-10-13-4-2-3-6-19-13/h2-4,6,8-9H,5,7,10,18H2,1H3,(H,20,21). The fourth-order valence-corrected chi connectivity index (χ4v) is 3.32. The molecule has 0 aliphatic carbocycles. The molecule has 1 aromatic carbocycles. The lowest BCUT2D eigenvalue weighted by molar-refractivity contribution is -0.115. The van der Waals surface area contributed by atoms with Gasteiger partial charge in [0.2, 0.25) is 5.91 Å². The Morgan fingerprint density at radius 2 is 2.23 bits per heavy atom. The summed E-state index contributed by atoms with van der Waals surface area (Å²) in [5, 5.41) is 2.87. The van der Waals surface area contributed by atoms with E-state index in [1.165, 1.54) is 0 Å². The Balaban J connectivity index is 1.79. The number of aromatic nitrogens is 1. The quantitative estimate of drug-likeness (QED) is 0.587. The van der Waals surface area contributed by atoms with Crippen molar-refractivity contribution in [1.29, 1.82) is 0 Å². The number of thioether (sulfide) groups is 1. The van der Waals surface area contributed by atoms with Crippen molar-refractivity contribution in [2.75, 3.05) is 16.8 Å². The number of amides is 1. The maximum Gasteiger partial charge on any atom is 0.225 e. The maximum atomic E-state index is 12.0. The van der Waals surface area contributed by atoms with Crippen LogP contribution in [0.3, 0.4) is 0 Å². The van der Waals surface area contributed by atoms with Crippen LogP contribution in [-0.4, -0.2) is 16.6 Å². The molecule has 0 fully saturated rings. The molecule has 4 nitrogen and oxygen atoms in total. The highest BCUT2D eigenvalue weighted by Gasteiger charge is 2.08. The number of hydrogen-bond donors (Lipinski definition) is 2. The van der Waals surface area contributed by atoms with Crippen LogP contribution >= 0.6 is 27.7 Å². The van der Waals surface area contributed by atoms with Crippen LogP contribution in [0, 0.1) is 6.92 Å². The molecule has 0 aliphatic heterocycles. The van der Waals surface area contributed by atoms with E-state index in [0.717, 1.165) is 27.2 Å². The van der Waals surface area contributed by atoms with Crippen molar-refractivity contribution in [3.05, 3.63) is 52.3 Å². The van der Waals surface area contributed by atoms with Gasteiger partial charge in [-0.05, 0) is 36.8 Å². The summed E-state index contributed by atoms with van der Waals surface area (Å²) < 4.78 is 0.902. The van der Waals surface area contributed by atoms with Crippen LogP contribution < -0.4 is 11.1 Å². The SMILES string of the molecule is Cc1cc(Br)cc(NC(=O)CCSCc2ccccn2)c1N. The third kappa shape index (κ3) is 5.03. The van der Waals surface area contributed by atoms with Crippen molar-refractivity contribution < 1.29 is 4.79 Å². The highest BCUT2D eigenvalue weighted by molar-refractivity contribution is 9.10. The number of carbonyl (C=O) groups is 1. The molecule has 0 aliphatic rings. The molecule has 116 valence electrons. The van der Waals surface area contributed by atoms with E-state index in [9.17, 15) is 4.79 Å². The summed E-state index contributed by atoms with van der Waals surface area (Å²) in [6.07, 6.45) is 2.23. The van der Waals surface area contributed by atoms with Gasteiger partial charge < -0.3 is 11.1 Å². The molecule has 0 unspecified atom stereocenters. The van der Waals surface area contributed by atoms with Gasteiger partial charge in [-0.1, -0.05) is 22.0 Å². The number of anilines is 2. The van der Waals surface area contributed by atoms with Gasteiger partial charge in [0, 0.05) is 28.6 Å². The number of halogens is 1. The molecular formula is C16H18BrN3OS. The summed E-state index contributed by atoms with van der Waals surface area (Å²) in [6, 6.07) is 9.59. The third-order valence-corrected chi connectivity index (χ3v) is 4.53. The Morgan fingerprint density at radius 1 is 1.41 bits per heavy atom. The monoisotopic (exact) mass is 379 g/mol. The summed E-state index contributed by atoms with van der Waals surface area (Å²) in [7, 11) is 0. The predicted octanol–water partition coefficient (Wildman–Crippen LogP) is 4.00. The lowest BCUT2D eigenvalue weighted by atomic mass is 10.1. The molecule has 2 rings (SSSR count). The van der Waals surface area contributed by atoms with Crippen molar-refractivity contribution in [3.63, 3.8) is 0 Å². The molecule has 6 heteroatoms. The van der Waals surface area contributed by atoms with Crippen LogP contribution in [0.1, 0.15) is 17.7 Å². The second-order valence-corrected chi connectivity index (χ2v) is 6.88. The van der Waals surface area contributed by atoms with Gasteiger partial charge in [-0.15, -0.1) is 0 Å². The van der Waals surface area contributed by atoms with E-state index in [4.69, 9.17) is 5.73 Å². The van der Waals surface area contributed by atoms with Crippen LogP contribution in [-0.2, 0) is 10.5 Å². The zero-order chi connectivity index (χ0) is 15.9. The number of nitrogens with zero attached hydrogens (tertiary/aromatic N) is 1. The smallest absolute Gasteiger partial charge is 0.225 e. The lowest BCUT2D eigenvalue weighted by Gasteiger charge is -2.11. The Bertz CT molecular complexity index is 649. The van der Waals surface area contributed by atoms with E-state index < -0.39 is 0 Å². The number of carbonyl (C=O) groups excluding carboxylic acids is 1. The minimum Gasteiger partial charge on any atom is -0.397 e. The number of hydrogen-bond acceptors (Lipinski definition) is 4. The molecular weight excluding hydrogens is 362 g/mol. The first kappa shape index (κ1) is 16.8. The summed E-state index contributed by atoms with van der Waals surface area (Å²) in [5.41, 5.74) is 9.22. The third-order valence-electron chi connectivity index (χ3n) is 3.08. The minimum absolute atomic E-state index is 0.0299. The first-order chi connectivity index (χ1) is 10.6. The van der Waals surface area contributed by atoms with Crippen molar-refractivity contribution in [2.45, 2.75) is 19.1 Å². The van der Waals surface area contributed by atoms with Crippen LogP contribution in [0.5, 0.6) is 0 Å². The molecule has 0 saturated heterocycles. The van der Waals surface area contributed by atoms with E-state index in [2.05, 4.69) is 26.2 Å². The average Bonchev–Trinajstić information content (AvgIpc) is 2.50. The minimum atomic E-state index is -0.0299. The van der Waals surface area contributed by atoms with Crippen molar-refractivity contribution in [2.24, 2.45) is 0 Å². The number of rotatable bonds is 6. The van der Waals surface area contributed by atoms with Crippen molar-refractivity contribution in [3.8, 4) is 0 Å². The molecule has 22 heavy (non-hydrogen) atoms. The highest BCUT2D eigenvalue weighted by Crippen LogP contribution is 2.27. The topological polar surface area (TPSA) is 68.0 Å². The normalized spacial score (nSPS) is 10.5. The molecule has 0 spiro atoms. The first-order valence-corrected chi connectivity index (χ1v) is 8.84. The fourth-order valence-electron chi connectivity index (χ4n) is 1.90. The number of benzene rings is 1. The van der Waals surface area contributed by atoms with Crippen LogP contribution in [0.15, 0.2) is 41.0 Å². The van der Waals surface area contributed by atoms with Gasteiger partial charge in [0.15, 0.2) is 0 Å². The van der Waals surface area contributed by atoms with Gasteiger partial charge in [-0.3, -0.25) is 9.78 Å². The zero-order valence-electron chi connectivity index (χ0n) is 12.3. The number of nitrogens with two attached hydrogens (primary N) is 1. The summed E-state index contributed by atoms with van der Waals surface area (Å²) in [6.45, 7) is 1.92. The van der Waals surface area contributed by atoms with E-state index >= 15 is 0 Å². The van der Waals surface area contributed by atoms with Gasteiger partial charge in [0.1, 0.15) is 0 Å². The van der Waals surface area contributed by atoms with Gasteiger partial charge in [0.25, 0.3) is 0 Å². The van der Waals surface area contributed by atoms with Gasteiger partial charge >= 0.3 is 0 Å². The largest absolute Gasteiger partial charge is 0.397 e. The van der Waals surface area contributed by atoms with Crippen LogP contribution in [0.4, 0.5) is 11.4 Å². The predicted molar refractivity (Wildman–Crippen MR) is 96.9 cm³/mol. The Kier molecular flexibility index (Phi) is 6.27. The van der Waals surface area contributed by atoms with E-state index in [-0.39, 0.29) is 5.91 Å². The number of nitrogen functional groups attached to an aromatic ring is 1. The van der Waals surface area contributed by atoms with Gasteiger partial charge in [-0.25, -0.2) is 0 Å². The van der Waals surface area contributed by atoms with Gasteiger partial charge in [0.05, 0.1) is 17.1 Å². The molecule has 0 saturated carbocycles. The first-order valence-electron chi connectivity index (χ1n) is 6.89. The molecule has 0 atom stereocenters. The van der Waals surface area contributed by atoms with E-state index in [1.807, 2.05) is 37.3 Å². The Labute approximate surface area is 143 Å². The maximum absolute atomic E-state index is 12.0. The number of aryl methyl sites for hydroxylation is 1. The van der Waals surface area contributed by atoms with E-state index in [1.54, 1.807) is 18.0 Å². The molecule has 2 aromatic rings. The number of nitrogens with one attached hydrogen (secondary N) is 1. The second kappa shape index (κ2) is 8.19. The molecule has 3 N–H and O–H groups in total. The zero-order valence-corrected chi connectivity index (χ0v) is 14.7. The second-order valence-electron chi connectivity index (χ2n) is 4.86. The Hall–Kier alpha value is -1.53. The van der Waals surface area contributed by atoms with Crippen molar-refractivity contribution in [1.82, 2.24) is 4.98 Å². The number of pyridine rings is 1. The molecule has 1 aromatic heterocycles. The van der Waals surface area contributed by atoms with Crippen LogP contribution in [0.25, 0.3) is 0 Å². The highest BCUT2D eigenvalue weighted by atomic mass is 79.9. The van der Waals surface area contributed by atoms with Gasteiger partial charge in [-0.2, -0.15) is 11.8 Å². The van der Waals surface area contributed by atoms with E-state index in [0.29, 0.717) is 17.8 Å². The van der Waals surface area contributed by atoms with Crippen molar-refractivity contribution >= 4 is 45.0 Å². The summed E-state index contributed by atoms with van der Waals surface area (Å²) >= 11 is 5.10. The fraction of sp³-hybridized carbons (Fsp3) is 0.250. The molecule has 0 bridgehead atoms. The molecule has 1 heterocycles. The summed E-state index contributed by atoms with van der Waals surface area (Å²) in [5.74, 6) is 1.53. The molecule has 0 radical (unpaired) electrons. The van der Waals surface area contributed by atoms with Crippen LogP contribution in [0.2, 0.25) is 0 Å². The molecule has 1 amide bonds. The Morgan fingerprint density at radius 3 is 2.95 bits per heavy atom. The average molecular weight is 380 g/mol. The summed E-state index contributed by atoms with van der Waals surface area (Å²) in [4.78, 5) is 16.2. The lowest BCUT2D eigenvalue weighted by Crippen LogP contribution is -2.14.